The minimum atomic E-state index is -0.397. The van der Waals surface area contributed by atoms with Crippen molar-refractivity contribution >= 4 is 5.78 Å². The molecule has 0 aliphatic heterocycles. The number of allylic oxidation sites excluding steroid dienone is 1. The van der Waals surface area contributed by atoms with E-state index in [0.717, 1.165) is 6.42 Å². The van der Waals surface area contributed by atoms with Crippen molar-refractivity contribution in [3.8, 4) is 0 Å². The van der Waals surface area contributed by atoms with Crippen LogP contribution in [0, 0.1) is 0 Å². The molecule has 0 amide bonds. The molecular weight excluding hydrogens is 215 g/mol. The van der Waals surface area contributed by atoms with Crippen LogP contribution in [0.3, 0.4) is 0 Å². The van der Waals surface area contributed by atoms with Gasteiger partial charge in [0.15, 0.2) is 5.78 Å². The summed E-state index contributed by atoms with van der Waals surface area (Å²) in [6.45, 7) is 3.60. The predicted molar refractivity (Wildman–Crippen MR) is 47.1 cm³/mol. The van der Waals surface area contributed by atoms with Crippen molar-refractivity contribution < 1.29 is 31.4 Å². The van der Waals surface area contributed by atoms with Gasteiger partial charge in [0.25, 0.3) is 0 Å². The Hall–Kier alpha value is -0.324. The molecule has 0 rings (SSSR count). The van der Waals surface area contributed by atoms with Gasteiger partial charge < -0.3 is 9.84 Å². The van der Waals surface area contributed by atoms with Crippen LogP contribution in [0.2, 0.25) is 0 Å². The molecule has 4 heteroatoms. The Balaban J connectivity index is 0. The van der Waals surface area contributed by atoms with E-state index < -0.39 is 6.10 Å². The monoisotopic (exact) mass is 231 g/mol. The molecule has 0 saturated heterocycles. The quantitative estimate of drug-likeness (QED) is 0.580. The first kappa shape index (κ1) is 15.2. The van der Waals surface area contributed by atoms with E-state index in [9.17, 15) is 9.90 Å². The van der Waals surface area contributed by atoms with Crippen LogP contribution in [0.4, 0.5) is 0 Å². The van der Waals surface area contributed by atoms with Gasteiger partial charge in [-0.1, -0.05) is 6.92 Å². The van der Waals surface area contributed by atoms with Crippen molar-refractivity contribution in [1.29, 1.82) is 0 Å². The Morgan fingerprint density at radius 2 is 2.15 bits per heavy atom. The van der Waals surface area contributed by atoms with Gasteiger partial charge in [0.1, 0.15) is 11.9 Å². The van der Waals surface area contributed by atoms with Gasteiger partial charge in [0, 0.05) is 36.4 Å². The molecule has 1 atom stereocenters. The van der Waals surface area contributed by atoms with Crippen LogP contribution >= 0.6 is 0 Å². The molecule has 1 N–H and O–H groups in total. The Morgan fingerprint density at radius 3 is 2.54 bits per heavy atom. The largest absolute Gasteiger partial charge is 0.509 e. The summed E-state index contributed by atoms with van der Waals surface area (Å²) in [5.74, 6) is -0.0603. The average molecular weight is 231 g/mol. The number of carbonyl (C=O) groups is 1. The molecule has 1 radical (unpaired) electrons. The molecule has 0 aliphatic carbocycles. The maximum Gasteiger partial charge on any atom is 0.159 e. The molecule has 0 aromatic carbocycles. The van der Waals surface area contributed by atoms with Gasteiger partial charge in [0.2, 0.25) is 0 Å². The maximum atomic E-state index is 11.0. The van der Waals surface area contributed by atoms with Gasteiger partial charge in [-0.2, -0.15) is 0 Å². The van der Waals surface area contributed by atoms with Crippen molar-refractivity contribution in [2.45, 2.75) is 32.8 Å². The normalized spacial score (nSPS) is 13.3. The van der Waals surface area contributed by atoms with Crippen LogP contribution in [0.5, 0.6) is 0 Å². The number of rotatable bonds is 5. The van der Waals surface area contributed by atoms with E-state index in [-0.39, 0.29) is 28.3 Å². The molecule has 1 unspecified atom stereocenters. The summed E-state index contributed by atoms with van der Waals surface area (Å²) in [5, 5.41) is 9.23. The second kappa shape index (κ2) is 8.28. The maximum absolute atomic E-state index is 11.0. The first-order chi connectivity index (χ1) is 5.61. The summed E-state index contributed by atoms with van der Waals surface area (Å²) in [7, 11) is 1.49. The summed E-state index contributed by atoms with van der Waals surface area (Å²) in [4.78, 5) is 11.0. The predicted octanol–water partition coefficient (Wildman–Crippen LogP) is 1.83. The van der Waals surface area contributed by atoms with Crippen molar-refractivity contribution in [2.75, 3.05) is 7.11 Å². The third-order valence-electron chi connectivity index (χ3n) is 1.58. The van der Waals surface area contributed by atoms with Crippen LogP contribution in [0.1, 0.15) is 26.7 Å². The van der Waals surface area contributed by atoms with E-state index in [0.29, 0.717) is 6.42 Å². The zero-order valence-corrected chi connectivity index (χ0v) is 9.21. The van der Waals surface area contributed by atoms with Gasteiger partial charge in [-0.05, 0) is 13.3 Å². The number of ketones is 1. The fraction of sp³-hybridized carbons (Fsp3) is 0.667. The van der Waals surface area contributed by atoms with Crippen molar-refractivity contribution in [1.82, 2.24) is 0 Å². The standard InChI is InChI=1S/C9H16O3.Co/c1-4-5-8(10)6-9(11)7(2)12-3;/h6-7,11H,4-5H2,1-3H3;/b9-6-;. The van der Waals surface area contributed by atoms with Crippen molar-refractivity contribution in [3.05, 3.63) is 11.8 Å². The molecule has 0 spiro atoms. The van der Waals surface area contributed by atoms with Gasteiger partial charge >= 0.3 is 0 Å². The van der Waals surface area contributed by atoms with Crippen LogP contribution in [0.25, 0.3) is 0 Å². The van der Waals surface area contributed by atoms with E-state index in [1.807, 2.05) is 6.92 Å². The fourth-order valence-corrected chi connectivity index (χ4v) is 0.722. The van der Waals surface area contributed by atoms with Gasteiger partial charge in [-0.15, -0.1) is 0 Å². The number of hydrogen-bond acceptors (Lipinski definition) is 3. The van der Waals surface area contributed by atoms with Gasteiger partial charge in [0.05, 0.1) is 0 Å². The fourth-order valence-electron chi connectivity index (χ4n) is 0.722. The van der Waals surface area contributed by atoms with Gasteiger partial charge in [-0.25, -0.2) is 0 Å². The smallest absolute Gasteiger partial charge is 0.159 e. The molecule has 13 heavy (non-hydrogen) atoms. The average Bonchev–Trinajstić information content (AvgIpc) is 2.03. The van der Waals surface area contributed by atoms with Gasteiger partial charge in [-0.3, -0.25) is 4.79 Å². The van der Waals surface area contributed by atoms with Crippen molar-refractivity contribution in [2.24, 2.45) is 0 Å². The van der Waals surface area contributed by atoms with Crippen molar-refractivity contribution in [3.63, 3.8) is 0 Å². The second-order valence-corrected chi connectivity index (χ2v) is 2.66. The van der Waals surface area contributed by atoms with Crippen LogP contribution in [0.15, 0.2) is 11.8 Å². The topological polar surface area (TPSA) is 46.5 Å². The Morgan fingerprint density at radius 1 is 1.62 bits per heavy atom. The Bertz CT molecular complexity index is 178. The van der Waals surface area contributed by atoms with E-state index >= 15 is 0 Å². The summed E-state index contributed by atoms with van der Waals surface area (Å²) in [6, 6.07) is 0. The molecular formula is C9H16CoO3. The number of aliphatic hydroxyl groups excluding tert-OH is 1. The number of aliphatic hydroxyl groups is 1. The summed E-state index contributed by atoms with van der Waals surface area (Å²) >= 11 is 0. The first-order valence-corrected chi connectivity index (χ1v) is 4.08. The molecule has 0 bridgehead atoms. The van der Waals surface area contributed by atoms with Crippen LogP contribution in [-0.4, -0.2) is 24.1 Å². The molecule has 3 nitrogen and oxygen atoms in total. The molecule has 0 aromatic heterocycles. The van der Waals surface area contributed by atoms with E-state index in [2.05, 4.69) is 0 Å². The molecule has 79 valence electrons. The molecule has 0 fully saturated rings. The van der Waals surface area contributed by atoms with E-state index in [4.69, 9.17) is 4.74 Å². The summed E-state index contributed by atoms with van der Waals surface area (Å²) < 4.78 is 4.82. The van der Waals surface area contributed by atoms with Crippen LogP contribution in [-0.2, 0) is 26.3 Å². The Labute approximate surface area is 89.4 Å². The zero-order chi connectivity index (χ0) is 9.56. The summed E-state index contributed by atoms with van der Waals surface area (Å²) in [6.07, 6.45) is 2.10. The second-order valence-electron chi connectivity index (χ2n) is 2.66. The van der Waals surface area contributed by atoms with Crippen LogP contribution < -0.4 is 0 Å². The minimum absolute atomic E-state index is 0. The third kappa shape index (κ3) is 6.80. The SMILES string of the molecule is CCCC(=O)/C=C(\O)C(C)OC.[Co]. The number of ether oxygens (including phenoxy) is 1. The third-order valence-corrected chi connectivity index (χ3v) is 1.58. The molecule has 0 heterocycles. The Kier molecular flexibility index (Phi) is 9.66. The molecule has 0 saturated carbocycles. The number of methoxy groups -OCH3 is 1. The number of hydrogen-bond donors (Lipinski definition) is 1. The zero-order valence-electron chi connectivity index (χ0n) is 8.17. The van der Waals surface area contributed by atoms with E-state index in [1.54, 1.807) is 6.92 Å². The minimum Gasteiger partial charge on any atom is -0.509 e. The van der Waals surface area contributed by atoms with E-state index in [1.165, 1.54) is 13.2 Å². The number of carbonyl (C=O) groups excluding carboxylic acids is 1. The first-order valence-electron chi connectivity index (χ1n) is 4.08. The molecule has 0 aromatic rings. The summed E-state index contributed by atoms with van der Waals surface area (Å²) in [5.41, 5.74) is 0. The molecule has 0 aliphatic rings.